The molecule has 58 valence electrons. The topological polar surface area (TPSA) is 137 Å². The van der Waals surface area contributed by atoms with Gasteiger partial charge in [-0.25, -0.2) is 16.1 Å². The van der Waals surface area contributed by atoms with Crippen LogP contribution < -0.4 is 22.5 Å². The smallest absolute Gasteiger partial charge is 0.329 e. The summed E-state index contributed by atoms with van der Waals surface area (Å²) in [5, 5.41) is 15.2. The minimum atomic E-state index is -1.27. The Morgan fingerprint density at radius 2 is 2.10 bits per heavy atom. The highest BCUT2D eigenvalue weighted by atomic mass is 16.4. The fourth-order valence-corrected chi connectivity index (χ4v) is 0.361. The molecule has 0 aromatic carbocycles. The van der Waals surface area contributed by atoms with Crippen molar-refractivity contribution < 1.29 is 9.90 Å². The molecule has 0 aromatic rings. The normalized spacial score (nSPS) is 12.2. The highest BCUT2D eigenvalue weighted by Crippen LogP contribution is 1.79. The fourth-order valence-electron chi connectivity index (χ4n) is 0.361. The van der Waals surface area contributed by atoms with Crippen molar-refractivity contribution >= 4 is 11.8 Å². The molecule has 0 aliphatic rings. The molecule has 1 atom stereocenters. The Labute approximate surface area is 56.8 Å². The first-order chi connectivity index (χ1) is 4.63. The second-order valence-corrected chi connectivity index (χ2v) is 1.50. The van der Waals surface area contributed by atoms with E-state index in [-0.39, 0.29) is 0 Å². The maximum atomic E-state index is 10.2. The molecule has 8 N–H and O–H groups in total. The molecule has 7 nitrogen and oxygen atoms in total. The summed E-state index contributed by atoms with van der Waals surface area (Å²) in [6.07, 6.45) is 0. The van der Waals surface area contributed by atoms with Crippen LogP contribution in [0.2, 0.25) is 0 Å². The molecular formula is C3H9N5O2. The van der Waals surface area contributed by atoms with E-state index in [9.17, 15) is 4.79 Å². The lowest BCUT2D eigenvalue weighted by Gasteiger charge is -2.10. The molecule has 7 heteroatoms. The van der Waals surface area contributed by atoms with E-state index in [0.717, 1.165) is 0 Å². The number of carboxylic acid groups (broad SMARTS) is 1. The summed E-state index contributed by atoms with van der Waals surface area (Å²) in [6, 6.07) is -1.27. The van der Waals surface area contributed by atoms with Crippen LogP contribution in [0.4, 0.5) is 0 Å². The summed E-state index contributed by atoms with van der Waals surface area (Å²) in [7, 11) is 0. The Bertz CT molecular complexity index is 146. The predicted molar refractivity (Wildman–Crippen MR) is 33.8 cm³/mol. The van der Waals surface area contributed by atoms with Gasteiger partial charge in [0.15, 0.2) is 6.04 Å². The molecule has 0 bridgehead atoms. The van der Waals surface area contributed by atoms with E-state index >= 15 is 0 Å². The molecule has 0 rings (SSSR count). The Morgan fingerprint density at radius 1 is 1.60 bits per heavy atom. The lowest BCUT2D eigenvalue weighted by Crippen LogP contribution is -2.53. The van der Waals surface area contributed by atoms with Crippen LogP contribution in [0.5, 0.6) is 0 Å². The van der Waals surface area contributed by atoms with Gasteiger partial charge in [0.1, 0.15) is 5.84 Å². The van der Waals surface area contributed by atoms with Crippen molar-refractivity contribution in [2.45, 2.75) is 6.04 Å². The minimum absolute atomic E-state index is 0.394. The fraction of sp³-hybridized carbons (Fsp3) is 0.333. The average molecular weight is 147 g/mol. The van der Waals surface area contributed by atoms with Crippen LogP contribution in [0, 0.1) is 5.41 Å². The van der Waals surface area contributed by atoms with Crippen LogP contribution in [0.1, 0.15) is 0 Å². The third-order valence-corrected chi connectivity index (χ3v) is 0.858. The summed E-state index contributed by atoms with van der Waals surface area (Å²) < 4.78 is 0. The van der Waals surface area contributed by atoms with Crippen molar-refractivity contribution in [2.24, 2.45) is 11.7 Å². The zero-order valence-electron chi connectivity index (χ0n) is 5.09. The molecule has 0 heterocycles. The van der Waals surface area contributed by atoms with Crippen molar-refractivity contribution in [3.63, 3.8) is 0 Å². The van der Waals surface area contributed by atoms with Crippen LogP contribution in [0.25, 0.3) is 0 Å². The quantitative estimate of drug-likeness (QED) is 0.111. The summed E-state index contributed by atoms with van der Waals surface area (Å²) >= 11 is 0. The van der Waals surface area contributed by atoms with Crippen LogP contribution >= 0.6 is 0 Å². The number of amidine groups is 1. The number of hydrogen-bond donors (Lipinski definition) is 6. The molecule has 0 fully saturated rings. The third kappa shape index (κ3) is 1.97. The lowest BCUT2D eigenvalue weighted by atomic mass is 10.3. The van der Waals surface area contributed by atoms with Crippen LogP contribution in [0.3, 0.4) is 0 Å². The molecule has 0 amide bonds. The number of hydrazine groups is 2. The van der Waals surface area contributed by atoms with Gasteiger partial charge in [-0.2, -0.15) is 0 Å². The van der Waals surface area contributed by atoms with E-state index in [1.54, 1.807) is 0 Å². The first-order valence-corrected chi connectivity index (χ1v) is 2.37. The third-order valence-electron chi connectivity index (χ3n) is 0.858. The van der Waals surface area contributed by atoms with Gasteiger partial charge in [-0.3, -0.25) is 11.3 Å². The van der Waals surface area contributed by atoms with Crippen molar-refractivity contribution in [1.29, 1.82) is 5.41 Å². The molecule has 1 unspecified atom stereocenters. The van der Waals surface area contributed by atoms with Crippen molar-refractivity contribution in [3.05, 3.63) is 0 Å². The number of aliphatic carboxylic acids is 1. The minimum Gasteiger partial charge on any atom is -0.480 e. The largest absolute Gasteiger partial charge is 0.480 e. The van der Waals surface area contributed by atoms with E-state index in [1.165, 1.54) is 0 Å². The van der Waals surface area contributed by atoms with Gasteiger partial charge in [-0.15, -0.1) is 0 Å². The van der Waals surface area contributed by atoms with Crippen LogP contribution in [0.15, 0.2) is 0 Å². The average Bonchev–Trinajstić information content (AvgIpc) is 1.88. The van der Waals surface area contributed by atoms with Crippen LogP contribution in [-0.2, 0) is 4.79 Å². The van der Waals surface area contributed by atoms with Gasteiger partial charge in [0.05, 0.1) is 0 Å². The molecule has 0 aliphatic heterocycles. The van der Waals surface area contributed by atoms with Gasteiger partial charge in [0.2, 0.25) is 0 Å². The van der Waals surface area contributed by atoms with Gasteiger partial charge in [-0.1, -0.05) is 0 Å². The van der Waals surface area contributed by atoms with Crippen molar-refractivity contribution in [1.82, 2.24) is 10.9 Å². The zero-order chi connectivity index (χ0) is 8.15. The zero-order valence-corrected chi connectivity index (χ0v) is 5.09. The van der Waals surface area contributed by atoms with E-state index < -0.39 is 17.8 Å². The van der Waals surface area contributed by atoms with Gasteiger partial charge in [0, 0.05) is 0 Å². The molecule has 0 aromatic heterocycles. The first-order valence-electron chi connectivity index (χ1n) is 2.37. The Balaban J connectivity index is 4.06. The highest BCUT2D eigenvalue weighted by Gasteiger charge is 2.19. The van der Waals surface area contributed by atoms with Gasteiger partial charge in [-0.05, 0) is 0 Å². The van der Waals surface area contributed by atoms with Gasteiger partial charge >= 0.3 is 5.97 Å². The van der Waals surface area contributed by atoms with E-state index in [1.807, 2.05) is 10.9 Å². The predicted octanol–water partition coefficient (Wildman–Crippen LogP) is -2.66. The summed E-state index contributed by atoms with van der Waals surface area (Å²) in [5.74, 6) is 7.88. The molecule has 0 spiro atoms. The van der Waals surface area contributed by atoms with E-state index in [4.69, 9.17) is 22.2 Å². The number of nitrogens with two attached hydrogens (primary N) is 2. The van der Waals surface area contributed by atoms with E-state index in [0.29, 0.717) is 0 Å². The Kier molecular flexibility index (Phi) is 3.33. The van der Waals surface area contributed by atoms with Gasteiger partial charge in [0.25, 0.3) is 0 Å². The number of rotatable bonds is 3. The number of nitrogens with one attached hydrogen (secondary N) is 3. The molecule has 0 radical (unpaired) electrons. The second-order valence-electron chi connectivity index (χ2n) is 1.50. The molecule has 0 saturated carbocycles. The molecule has 0 aliphatic carbocycles. The van der Waals surface area contributed by atoms with E-state index in [2.05, 4.69) is 0 Å². The molecule has 10 heavy (non-hydrogen) atoms. The second kappa shape index (κ2) is 3.77. The molecular weight excluding hydrogens is 138 g/mol. The molecule has 0 saturated heterocycles. The maximum absolute atomic E-state index is 10.2. The number of carboxylic acids is 1. The summed E-state index contributed by atoms with van der Waals surface area (Å²) in [5.41, 5.74) is 3.74. The lowest BCUT2D eigenvalue weighted by molar-refractivity contribution is -0.137. The first kappa shape index (κ1) is 8.82. The number of hydrogen-bond acceptors (Lipinski definition) is 5. The monoisotopic (exact) mass is 147 g/mol. The SMILES string of the molecule is N=C(NN)C(NN)C(=O)O. The number of carbonyl (C=O) groups is 1. The van der Waals surface area contributed by atoms with Crippen LogP contribution in [-0.4, -0.2) is 23.0 Å². The highest BCUT2D eigenvalue weighted by molar-refractivity contribution is 6.02. The summed E-state index contributed by atoms with van der Waals surface area (Å²) in [6.45, 7) is 0. The van der Waals surface area contributed by atoms with Crippen molar-refractivity contribution in [3.8, 4) is 0 Å². The Morgan fingerprint density at radius 3 is 2.20 bits per heavy atom. The van der Waals surface area contributed by atoms with Crippen molar-refractivity contribution in [2.75, 3.05) is 0 Å². The maximum Gasteiger partial charge on any atom is 0.329 e. The Hall–Kier alpha value is -1.18. The standard InChI is InChI=1S/C3H9N5O2/c4-2(8-6)1(7-5)3(9)10/h1,7H,5-6H2,(H2,4,8)(H,9,10). The summed E-state index contributed by atoms with van der Waals surface area (Å²) in [4.78, 5) is 10.2. The van der Waals surface area contributed by atoms with Gasteiger partial charge < -0.3 is 10.5 Å².